The molecule has 2 aromatic rings. The molecule has 22 heavy (non-hydrogen) atoms. The van der Waals surface area contributed by atoms with Crippen LogP contribution in [0, 0.1) is 4.91 Å². The molecule has 0 saturated heterocycles. The highest BCUT2D eigenvalue weighted by molar-refractivity contribution is 6.34. The second kappa shape index (κ2) is 7.11. The highest BCUT2D eigenvalue weighted by Crippen LogP contribution is 2.27. The Bertz CT molecular complexity index is 722. The zero-order chi connectivity index (χ0) is 16.1. The van der Waals surface area contributed by atoms with Crippen molar-refractivity contribution in [3.05, 3.63) is 57.4 Å². The second-order valence-corrected chi connectivity index (χ2v) is 5.04. The Morgan fingerprint density at radius 2 is 1.91 bits per heavy atom. The van der Waals surface area contributed by atoms with Crippen LogP contribution in [0.4, 0.5) is 21.9 Å². The highest BCUT2D eigenvalue weighted by atomic mass is 35.5. The number of nitrogens with one attached hydrogen (secondary N) is 2. The Hall–Kier alpha value is -2.31. The van der Waals surface area contributed by atoms with Crippen molar-refractivity contribution in [2.45, 2.75) is 0 Å². The Balaban J connectivity index is 2.07. The number of urea groups is 1. The topological polar surface area (TPSA) is 70.4 Å². The number of carbonyl (C=O) groups excluding carboxylic acids is 1. The summed E-state index contributed by atoms with van der Waals surface area (Å²) in [5, 5.41) is 5.91. The van der Waals surface area contributed by atoms with E-state index in [9.17, 15) is 9.70 Å². The molecule has 0 radical (unpaired) electrons. The molecule has 0 saturated carbocycles. The molecule has 2 aromatic carbocycles. The first-order chi connectivity index (χ1) is 10.5. The first-order valence-electron chi connectivity index (χ1n) is 6.14. The van der Waals surface area contributed by atoms with E-state index in [1.54, 1.807) is 24.3 Å². The molecular weight excluding hydrogens is 329 g/mol. The molecule has 0 bridgehead atoms. The summed E-state index contributed by atoms with van der Waals surface area (Å²) in [6, 6.07) is 10.6. The minimum Gasteiger partial charge on any atom is -0.308 e. The van der Waals surface area contributed by atoms with Crippen LogP contribution in [0.2, 0.25) is 10.0 Å². The molecule has 0 fully saturated rings. The minimum absolute atomic E-state index is 0.205. The molecule has 2 amide bonds. The number of benzene rings is 2. The fourth-order valence-electron chi connectivity index (χ4n) is 1.68. The molecule has 6 nitrogen and oxygen atoms in total. The molecule has 114 valence electrons. The number of hydrogen-bond acceptors (Lipinski definition) is 3. The van der Waals surface area contributed by atoms with Crippen LogP contribution in [-0.2, 0) is 4.84 Å². The third-order valence-corrected chi connectivity index (χ3v) is 3.21. The lowest BCUT2D eigenvalue weighted by Crippen LogP contribution is -2.19. The minimum atomic E-state index is -0.484. The van der Waals surface area contributed by atoms with Crippen molar-refractivity contribution in [2.75, 3.05) is 17.7 Å². The predicted octanol–water partition coefficient (Wildman–Crippen LogP) is 4.61. The maximum atomic E-state index is 11.9. The lowest BCUT2D eigenvalue weighted by Gasteiger charge is -2.09. The van der Waals surface area contributed by atoms with Crippen molar-refractivity contribution in [3.63, 3.8) is 0 Å². The van der Waals surface area contributed by atoms with Crippen molar-refractivity contribution < 1.29 is 14.6 Å². The third-order valence-electron chi connectivity index (χ3n) is 2.66. The quantitative estimate of drug-likeness (QED) is 0.798. The average molecular weight is 341 g/mol. The van der Waals surface area contributed by atoms with Crippen molar-refractivity contribution in [1.29, 1.82) is 0 Å². The van der Waals surface area contributed by atoms with Gasteiger partial charge in [-0.1, -0.05) is 29.3 Å². The summed E-state index contributed by atoms with van der Waals surface area (Å²) < 4.78 is 0. The van der Waals surface area contributed by atoms with E-state index < -0.39 is 6.03 Å². The zero-order valence-corrected chi connectivity index (χ0v) is 13.0. The van der Waals surface area contributed by atoms with Crippen molar-refractivity contribution in [1.82, 2.24) is 0 Å². The van der Waals surface area contributed by atoms with Crippen LogP contribution in [0.3, 0.4) is 0 Å². The van der Waals surface area contributed by atoms with Gasteiger partial charge in [0.2, 0.25) is 0 Å². The highest BCUT2D eigenvalue weighted by Gasteiger charge is 2.17. The van der Waals surface area contributed by atoms with Crippen LogP contribution in [0.15, 0.2) is 42.5 Å². The summed E-state index contributed by atoms with van der Waals surface area (Å²) >= 11 is 11.9. The summed E-state index contributed by atoms with van der Waals surface area (Å²) in [6.07, 6.45) is 0. The molecule has 0 aliphatic heterocycles. The Kier molecular flexibility index (Phi) is 5.19. The average Bonchev–Trinajstić information content (AvgIpc) is 2.48. The van der Waals surface area contributed by atoms with Crippen LogP contribution in [0.1, 0.15) is 0 Å². The number of rotatable bonds is 4. The van der Waals surface area contributed by atoms with Crippen LogP contribution in [-0.4, -0.2) is 18.1 Å². The molecular formula is C14H12Cl2N3O3+. The molecule has 0 atom stereocenters. The SMILES string of the molecule is CO[N+](=O)c1ccc(NC(=O)Nc2cccc(Cl)c2)c(Cl)c1. The van der Waals surface area contributed by atoms with Gasteiger partial charge in [-0.3, -0.25) is 0 Å². The molecule has 0 heterocycles. The van der Waals surface area contributed by atoms with Gasteiger partial charge in [0, 0.05) is 22.8 Å². The summed E-state index contributed by atoms with van der Waals surface area (Å²) in [6.45, 7) is 0. The van der Waals surface area contributed by atoms with Crippen molar-refractivity contribution in [3.8, 4) is 0 Å². The Morgan fingerprint density at radius 3 is 2.55 bits per heavy atom. The maximum Gasteiger partial charge on any atom is 0.323 e. The van der Waals surface area contributed by atoms with Gasteiger partial charge in [0.15, 0.2) is 7.11 Å². The monoisotopic (exact) mass is 340 g/mol. The fourth-order valence-corrected chi connectivity index (χ4v) is 2.09. The van der Waals surface area contributed by atoms with Crippen LogP contribution in [0.25, 0.3) is 0 Å². The summed E-state index contributed by atoms with van der Waals surface area (Å²) in [7, 11) is 1.24. The first kappa shape index (κ1) is 16.1. The molecule has 0 aliphatic carbocycles. The zero-order valence-electron chi connectivity index (χ0n) is 11.5. The van der Waals surface area contributed by atoms with Gasteiger partial charge in [-0.15, -0.1) is 0 Å². The van der Waals surface area contributed by atoms with E-state index >= 15 is 0 Å². The molecule has 2 rings (SSSR count). The van der Waals surface area contributed by atoms with Crippen LogP contribution >= 0.6 is 23.2 Å². The van der Waals surface area contributed by atoms with E-state index in [1.807, 2.05) is 0 Å². The van der Waals surface area contributed by atoms with Gasteiger partial charge >= 0.3 is 11.7 Å². The lowest BCUT2D eigenvalue weighted by atomic mass is 10.3. The van der Waals surface area contributed by atoms with E-state index in [1.165, 1.54) is 25.3 Å². The van der Waals surface area contributed by atoms with Gasteiger partial charge in [-0.2, -0.15) is 0 Å². The van der Waals surface area contributed by atoms with E-state index in [0.29, 0.717) is 21.3 Å². The lowest BCUT2D eigenvalue weighted by molar-refractivity contribution is -0.736. The van der Waals surface area contributed by atoms with Crippen LogP contribution < -0.4 is 10.6 Å². The smallest absolute Gasteiger partial charge is 0.308 e. The van der Waals surface area contributed by atoms with Gasteiger partial charge in [-0.25, -0.2) is 9.63 Å². The molecule has 2 N–H and O–H groups in total. The fraction of sp³-hybridized carbons (Fsp3) is 0.0714. The summed E-state index contributed by atoms with van der Waals surface area (Å²) in [4.78, 5) is 28.0. The van der Waals surface area contributed by atoms with Gasteiger partial charge in [0.05, 0.1) is 15.6 Å². The van der Waals surface area contributed by atoms with Gasteiger partial charge in [0.25, 0.3) is 4.92 Å². The van der Waals surface area contributed by atoms with Crippen molar-refractivity contribution in [2.24, 2.45) is 0 Å². The van der Waals surface area contributed by atoms with E-state index in [4.69, 9.17) is 23.2 Å². The number of amides is 2. The van der Waals surface area contributed by atoms with E-state index in [-0.39, 0.29) is 10.7 Å². The molecule has 0 aromatic heterocycles. The number of halogens is 2. The van der Waals surface area contributed by atoms with Crippen LogP contribution in [0.5, 0.6) is 0 Å². The predicted molar refractivity (Wildman–Crippen MR) is 85.8 cm³/mol. The molecule has 0 aliphatic rings. The maximum absolute atomic E-state index is 11.9. The number of anilines is 2. The number of nitrogens with zero attached hydrogens (tertiary/aromatic N) is 1. The Morgan fingerprint density at radius 1 is 1.14 bits per heavy atom. The Labute approximate surface area is 136 Å². The summed E-state index contributed by atoms with van der Waals surface area (Å²) in [5.74, 6) is 0. The van der Waals surface area contributed by atoms with Gasteiger partial charge in [-0.05, 0) is 24.3 Å². The van der Waals surface area contributed by atoms with Gasteiger partial charge in [0.1, 0.15) is 0 Å². The third kappa shape index (κ3) is 4.09. The normalized spacial score (nSPS) is 9.95. The standard InChI is InChI=1S/C14H11Cl2N3O3/c1-22-19(21)11-5-6-13(12(16)8-11)18-14(20)17-10-4-2-3-9(15)7-10/h2-8H,1H3,(H-,17,18,20,21)/p+1. The number of hydrogen-bond donors (Lipinski definition) is 2. The molecule has 0 spiro atoms. The van der Waals surface area contributed by atoms with E-state index in [2.05, 4.69) is 15.5 Å². The molecule has 0 unspecified atom stereocenters. The number of carbonyl (C=O) groups is 1. The van der Waals surface area contributed by atoms with Crippen molar-refractivity contribution >= 4 is 46.3 Å². The first-order valence-corrected chi connectivity index (χ1v) is 6.89. The van der Waals surface area contributed by atoms with E-state index in [0.717, 1.165) is 0 Å². The molecule has 8 heteroatoms. The largest absolute Gasteiger partial charge is 0.323 e. The second-order valence-electron chi connectivity index (χ2n) is 4.19. The summed E-state index contributed by atoms with van der Waals surface area (Å²) in [5.41, 5.74) is 1.12. The van der Waals surface area contributed by atoms with Gasteiger partial charge < -0.3 is 10.6 Å².